The van der Waals surface area contributed by atoms with Gasteiger partial charge in [0, 0.05) is 0 Å². The molecule has 0 spiro atoms. The fourth-order valence-electron chi connectivity index (χ4n) is 1.49. The normalized spacial score (nSPS) is 12.7. The van der Waals surface area contributed by atoms with Crippen LogP contribution < -0.4 is 0 Å². The largest absolute Gasteiger partial charge is 0.384 e. The first kappa shape index (κ1) is 12.0. The lowest BCUT2D eigenvalue weighted by Gasteiger charge is -2.10. The molecule has 15 heavy (non-hydrogen) atoms. The van der Waals surface area contributed by atoms with Crippen molar-refractivity contribution in [1.29, 1.82) is 0 Å². The molecule has 1 unspecified atom stereocenters. The van der Waals surface area contributed by atoms with Gasteiger partial charge in [0.15, 0.2) is 0 Å². The van der Waals surface area contributed by atoms with Gasteiger partial charge < -0.3 is 5.11 Å². The number of aliphatic hydroxyl groups excluding tert-OH is 1. The maximum absolute atomic E-state index is 9.84. The lowest BCUT2D eigenvalue weighted by molar-refractivity contribution is 0.227. The molecule has 0 aliphatic carbocycles. The molecule has 0 aromatic heterocycles. The van der Waals surface area contributed by atoms with Gasteiger partial charge in [0.05, 0.1) is 6.10 Å². The first-order chi connectivity index (χ1) is 7.00. The van der Waals surface area contributed by atoms with Crippen molar-refractivity contribution in [2.45, 2.75) is 39.7 Å². The van der Waals surface area contributed by atoms with Crippen LogP contribution in [-0.2, 0) is 0 Å². The lowest BCUT2D eigenvalue weighted by Crippen LogP contribution is -1.95. The van der Waals surface area contributed by atoms with E-state index >= 15 is 0 Å². The zero-order valence-corrected chi connectivity index (χ0v) is 9.99. The number of benzene rings is 1. The molecule has 0 aliphatic heterocycles. The number of allylic oxidation sites excluding steroid dienone is 1. The molecule has 1 nitrogen and oxygen atoms in total. The Kier molecular flexibility index (Phi) is 4.10. The molecule has 0 fully saturated rings. The van der Waals surface area contributed by atoms with Gasteiger partial charge in [-0.1, -0.05) is 49.8 Å². The monoisotopic (exact) mass is 204 g/mol. The van der Waals surface area contributed by atoms with Crippen molar-refractivity contribution >= 4 is 0 Å². The molecule has 0 amide bonds. The molecular formula is C14H20O. The van der Waals surface area contributed by atoms with Crippen molar-refractivity contribution in [3.8, 4) is 0 Å². The SMILES string of the molecule is CC(C)=CC(O)c1ccc(C(C)C)cc1. The van der Waals surface area contributed by atoms with E-state index in [1.54, 1.807) is 0 Å². The fraction of sp³-hybridized carbons (Fsp3) is 0.429. The van der Waals surface area contributed by atoms with Crippen LogP contribution in [0, 0.1) is 0 Å². The molecule has 1 aromatic carbocycles. The van der Waals surface area contributed by atoms with Crippen LogP contribution in [0.2, 0.25) is 0 Å². The van der Waals surface area contributed by atoms with Gasteiger partial charge in [-0.2, -0.15) is 0 Å². The Labute approximate surface area is 92.5 Å². The maximum atomic E-state index is 9.84. The van der Waals surface area contributed by atoms with Crippen LogP contribution in [0.4, 0.5) is 0 Å². The minimum Gasteiger partial charge on any atom is -0.384 e. The van der Waals surface area contributed by atoms with Gasteiger partial charge in [0.2, 0.25) is 0 Å². The Balaban J connectivity index is 2.84. The van der Waals surface area contributed by atoms with E-state index in [2.05, 4.69) is 26.0 Å². The van der Waals surface area contributed by atoms with E-state index < -0.39 is 6.10 Å². The Morgan fingerprint density at radius 2 is 1.53 bits per heavy atom. The molecule has 0 radical (unpaired) electrons. The second-order valence-electron chi connectivity index (χ2n) is 4.51. The van der Waals surface area contributed by atoms with E-state index in [1.165, 1.54) is 5.56 Å². The van der Waals surface area contributed by atoms with Gasteiger partial charge >= 0.3 is 0 Å². The summed E-state index contributed by atoms with van der Waals surface area (Å²) in [5.41, 5.74) is 3.40. The molecule has 1 N–H and O–H groups in total. The Morgan fingerprint density at radius 1 is 1.07 bits per heavy atom. The minimum absolute atomic E-state index is 0.476. The zero-order valence-electron chi connectivity index (χ0n) is 9.99. The maximum Gasteiger partial charge on any atom is 0.0974 e. The van der Waals surface area contributed by atoms with Crippen molar-refractivity contribution in [3.63, 3.8) is 0 Å². The van der Waals surface area contributed by atoms with Crippen molar-refractivity contribution in [1.82, 2.24) is 0 Å². The molecule has 1 atom stereocenters. The van der Waals surface area contributed by atoms with E-state index in [9.17, 15) is 5.11 Å². The Hall–Kier alpha value is -1.08. The van der Waals surface area contributed by atoms with Gasteiger partial charge in [0.1, 0.15) is 0 Å². The summed E-state index contributed by atoms with van der Waals surface area (Å²) in [6.45, 7) is 8.32. The van der Waals surface area contributed by atoms with Gasteiger partial charge in [-0.15, -0.1) is 0 Å². The second kappa shape index (κ2) is 5.13. The summed E-state index contributed by atoms with van der Waals surface area (Å²) in [6, 6.07) is 8.17. The summed E-state index contributed by atoms with van der Waals surface area (Å²) in [6.07, 6.45) is 1.39. The summed E-state index contributed by atoms with van der Waals surface area (Å²) >= 11 is 0. The van der Waals surface area contributed by atoms with Gasteiger partial charge in [-0.25, -0.2) is 0 Å². The molecule has 1 rings (SSSR count). The third-order valence-electron chi connectivity index (χ3n) is 2.44. The highest BCUT2D eigenvalue weighted by Crippen LogP contribution is 2.20. The quantitative estimate of drug-likeness (QED) is 0.742. The predicted molar refractivity (Wildman–Crippen MR) is 64.9 cm³/mol. The molecule has 0 bridgehead atoms. The summed E-state index contributed by atoms with van der Waals surface area (Å²) < 4.78 is 0. The standard InChI is InChI=1S/C14H20O/c1-10(2)9-14(15)13-7-5-12(6-8-13)11(3)4/h5-9,11,14-15H,1-4H3. The van der Waals surface area contributed by atoms with Crippen LogP contribution >= 0.6 is 0 Å². The van der Waals surface area contributed by atoms with Gasteiger partial charge in [0.25, 0.3) is 0 Å². The minimum atomic E-state index is -0.476. The molecule has 0 aliphatic rings. The highest BCUT2D eigenvalue weighted by Gasteiger charge is 2.04. The second-order valence-corrected chi connectivity index (χ2v) is 4.51. The van der Waals surface area contributed by atoms with Crippen molar-refractivity contribution in [2.24, 2.45) is 0 Å². The number of rotatable bonds is 3. The highest BCUT2D eigenvalue weighted by molar-refractivity contribution is 5.28. The molecular weight excluding hydrogens is 184 g/mol. The molecule has 0 heterocycles. The lowest BCUT2D eigenvalue weighted by atomic mass is 9.99. The summed E-state index contributed by atoms with van der Waals surface area (Å²) in [5, 5.41) is 9.84. The molecule has 0 saturated heterocycles. The van der Waals surface area contributed by atoms with E-state index in [1.807, 2.05) is 32.1 Å². The van der Waals surface area contributed by atoms with Crippen LogP contribution in [0.5, 0.6) is 0 Å². The highest BCUT2D eigenvalue weighted by atomic mass is 16.3. The van der Waals surface area contributed by atoms with Gasteiger partial charge in [-0.3, -0.25) is 0 Å². The molecule has 1 aromatic rings. The van der Waals surface area contributed by atoms with E-state index in [-0.39, 0.29) is 0 Å². The first-order valence-corrected chi connectivity index (χ1v) is 5.43. The van der Waals surface area contributed by atoms with E-state index in [0.717, 1.165) is 11.1 Å². The smallest absolute Gasteiger partial charge is 0.0974 e. The summed E-state index contributed by atoms with van der Waals surface area (Å²) in [5.74, 6) is 0.541. The zero-order chi connectivity index (χ0) is 11.4. The molecule has 1 heteroatoms. The first-order valence-electron chi connectivity index (χ1n) is 5.43. The van der Waals surface area contributed by atoms with Crippen molar-refractivity contribution in [2.75, 3.05) is 0 Å². The topological polar surface area (TPSA) is 20.2 Å². The summed E-state index contributed by atoms with van der Waals surface area (Å²) in [4.78, 5) is 0. The van der Waals surface area contributed by atoms with Crippen LogP contribution in [0.15, 0.2) is 35.9 Å². The average molecular weight is 204 g/mol. The number of hydrogen-bond acceptors (Lipinski definition) is 1. The Morgan fingerprint density at radius 3 is 1.93 bits per heavy atom. The van der Waals surface area contributed by atoms with E-state index in [0.29, 0.717) is 5.92 Å². The number of hydrogen-bond donors (Lipinski definition) is 1. The van der Waals surface area contributed by atoms with Crippen molar-refractivity contribution in [3.05, 3.63) is 47.0 Å². The molecule has 82 valence electrons. The molecule has 0 saturated carbocycles. The van der Waals surface area contributed by atoms with E-state index in [4.69, 9.17) is 0 Å². The van der Waals surface area contributed by atoms with Gasteiger partial charge in [-0.05, 0) is 30.9 Å². The van der Waals surface area contributed by atoms with Crippen molar-refractivity contribution < 1.29 is 5.11 Å². The third-order valence-corrected chi connectivity index (χ3v) is 2.44. The fourth-order valence-corrected chi connectivity index (χ4v) is 1.49. The third kappa shape index (κ3) is 3.52. The van der Waals surface area contributed by atoms with Crippen LogP contribution in [0.1, 0.15) is 50.8 Å². The van der Waals surface area contributed by atoms with Crippen LogP contribution in [0.3, 0.4) is 0 Å². The number of aliphatic hydroxyl groups is 1. The van der Waals surface area contributed by atoms with Crippen LogP contribution in [0.25, 0.3) is 0 Å². The van der Waals surface area contributed by atoms with Crippen LogP contribution in [-0.4, -0.2) is 5.11 Å². The average Bonchev–Trinajstić information content (AvgIpc) is 2.17. The predicted octanol–water partition coefficient (Wildman–Crippen LogP) is 3.81. The Bertz CT molecular complexity index is 329. The summed E-state index contributed by atoms with van der Waals surface area (Å²) in [7, 11) is 0.